The second-order valence-electron chi connectivity index (χ2n) is 7.49. The van der Waals surface area contributed by atoms with Crippen LogP contribution in [0.5, 0.6) is 0 Å². The maximum atomic E-state index is 13.0. The van der Waals surface area contributed by atoms with Gasteiger partial charge in [0.25, 0.3) is 5.82 Å². The first kappa shape index (κ1) is 19.9. The van der Waals surface area contributed by atoms with Crippen molar-refractivity contribution in [3.63, 3.8) is 0 Å². The predicted molar refractivity (Wildman–Crippen MR) is 101 cm³/mol. The summed E-state index contributed by atoms with van der Waals surface area (Å²) in [6.07, 6.45) is 1.12. The normalized spacial score (nSPS) is 18.6. The van der Waals surface area contributed by atoms with E-state index in [-0.39, 0.29) is 12.4 Å². The Bertz CT molecular complexity index is 1000. The lowest BCUT2D eigenvalue weighted by molar-refractivity contribution is -0.148. The number of hydrogen-bond donors (Lipinski definition) is 1. The van der Waals surface area contributed by atoms with Gasteiger partial charge in [0.15, 0.2) is 12.0 Å². The number of hydrogen-bond acceptors (Lipinski definition) is 5. The first-order chi connectivity index (χ1) is 14.2. The van der Waals surface area contributed by atoms with Crippen LogP contribution in [-0.2, 0) is 7.05 Å². The summed E-state index contributed by atoms with van der Waals surface area (Å²) in [5.74, 6) is 0.693. The number of aryl methyl sites for hydroxylation is 1. The summed E-state index contributed by atoms with van der Waals surface area (Å²) in [4.78, 5) is 27.0. The molecule has 0 unspecified atom stereocenters. The third-order valence-electron chi connectivity index (χ3n) is 5.57. The quantitative estimate of drug-likeness (QED) is 0.771. The van der Waals surface area contributed by atoms with Crippen molar-refractivity contribution >= 4 is 17.7 Å². The second kappa shape index (κ2) is 7.16. The molecule has 1 spiro atoms. The highest BCUT2D eigenvalue weighted by atomic mass is 19.4. The fourth-order valence-electron chi connectivity index (χ4n) is 4.01. The summed E-state index contributed by atoms with van der Waals surface area (Å²) >= 11 is 0. The van der Waals surface area contributed by atoms with Crippen LogP contribution in [0.25, 0.3) is 16.1 Å². The number of carbonyl (C=O) groups is 1. The number of rotatable bonds is 3. The third-order valence-corrected chi connectivity index (χ3v) is 5.57. The molecule has 2 amide bonds. The average Bonchev–Trinajstić information content (AvgIpc) is 3.26. The highest BCUT2D eigenvalue weighted by Crippen LogP contribution is 2.36. The van der Waals surface area contributed by atoms with Crippen molar-refractivity contribution in [3.05, 3.63) is 30.0 Å². The van der Waals surface area contributed by atoms with Crippen LogP contribution in [0.4, 0.5) is 29.6 Å². The summed E-state index contributed by atoms with van der Waals surface area (Å²) in [7, 11) is 1.76. The van der Waals surface area contributed by atoms with Crippen molar-refractivity contribution in [2.24, 2.45) is 7.05 Å². The molecule has 1 N–H and O–H groups in total. The Morgan fingerprint density at radius 1 is 1.30 bits per heavy atom. The molecule has 12 heteroatoms. The van der Waals surface area contributed by atoms with Crippen LogP contribution < -0.4 is 10.2 Å². The minimum Gasteiger partial charge on any atom is -0.359 e. The fraction of sp³-hybridized carbons (Fsp3) is 0.500. The SMILES string of the molecule is [C-]#[N+]c1ncc(N2CCC3(CC2)CNC(=O)N3CC(F)(F)F)nc1-c1cnn(C)c1. The van der Waals surface area contributed by atoms with Gasteiger partial charge in [-0.25, -0.2) is 9.78 Å². The monoisotopic (exact) mass is 420 g/mol. The number of piperidine rings is 1. The lowest BCUT2D eigenvalue weighted by atomic mass is 9.87. The van der Waals surface area contributed by atoms with Crippen LogP contribution in [0.2, 0.25) is 0 Å². The summed E-state index contributed by atoms with van der Waals surface area (Å²) in [6.45, 7) is 7.09. The van der Waals surface area contributed by atoms with Crippen LogP contribution in [-0.4, -0.2) is 68.6 Å². The first-order valence-electron chi connectivity index (χ1n) is 9.31. The maximum absolute atomic E-state index is 13.0. The molecule has 2 fully saturated rings. The minimum absolute atomic E-state index is 0.155. The second-order valence-corrected chi connectivity index (χ2v) is 7.49. The van der Waals surface area contributed by atoms with Crippen LogP contribution in [0.15, 0.2) is 18.6 Å². The van der Waals surface area contributed by atoms with Crippen molar-refractivity contribution in [3.8, 4) is 11.3 Å². The van der Waals surface area contributed by atoms with Crippen molar-refractivity contribution in [1.82, 2.24) is 30.0 Å². The number of alkyl halides is 3. The van der Waals surface area contributed by atoms with E-state index in [9.17, 15) is 18.0 Å². The molecule has 2 aromatic heterocycles. The number of carbonyl (C=O) groups excluding carboxylic acids is 1. The van der Waals surface area contributed by atoms with E-state index >= 15 is 0 Å². The Balaban J connectivity index is 1.55. The molecule has 4 heterocycles. The zero-order valence-electron chi connectivity index (χ0n) is 16.1. The molecular weight excluding hydrogens is 401 g/mol. The predicted octanol–water partition coefficient (Wildman–Crippen LogP) is 2.35. The Labute approximate surface area is 170 Å². The summed E-state index contributed by atoms with van der Waals surface area (Å²) < 4.78 is 40.5. The molecule has 0 saturated carbocycles. The van der Waals surface area contributed by atoms with Crippen LogP contribution in [0, 0.1) is 6.57 Å². The van der Waals surface area contributed by atoms with Crippen LogP contribution in [0.3, 0.4) is 0 Å². The topological polar surface area (TPSA) is 83.5 Å². The van der Waals surface area contributed by atoms with E-state index in [1.807, 2.05) is 4.90 Å². The van der Waals surface area contributed by atoms with E-state index in [0.717, 1.165) is 4.90 Å². The average molecular weight is 420 g/mol. The van der Waals surface area contributed by atoms with Gasteiger partial charge in [0.05, 0.1) is 11.7 Å². The fourth-order valence-corrected chi connectivity index (χ4v) is 4.01. The Morgan fingerprint density at radius 2 is 2.03 bits per heavy atom. The highest BCUT2D eigenvalue weighted by molar-refractivity contribution is 5.78. The van der Waals surface area contributed by atoms with E-state index in [2.05, 4.69) is 25.2 Å². The van der Waals surface area contributed by atoms with Gasteiger partial charge in [0, 0.05) is 38.4 Å². The molecule has 0 radical (unpaired) electrons. The standard InChI is InChI=1S/C18H19F3N8O/c1-22-15-14(12-7-25-27(2)9-12)26-13(8-23-15)28-5-3-17(4-6-28)10-24-16(30)29(17)11-18(19,20)21/h7-9H,3-6,10-11H2,2H3,(H,24,30). The Kier molecular flexibility index (Phi) is 4.76. The van der Waals surface area contributed by atoms with Crippen LogP contribution in [0.1, 0.15) is 12.8 Å². The molecule has 9 nitrogen and oxygen atoms in total. The van der Waals surface area contributed by atoms with Gasteiger partial charge in [-0.3, -0.25) is 4.68 Å². The van der Waals surface area contributed by atoms with E-state index in [4.69, 9.17) is 6.57 Å². The van der Waals surface area contributed by atoms with Gasteiger partial charge in [-0.2, -0.15) is 18.3 Å². The molecule has 0 aromatic carbocycles. The summed E-state index contributed by atoms with van der Waals surface area (Å²) in [5.41, 5.74) is 0.208. The molecule has 4 rings (SSSR count). The van der Waals surface area contributed by atoms with Crippen LogP contribution >= 0.6 is 0 Å². The molecule has 158 valence electrons. The largest absolute Gasteiger partial charge is 0.406 e. The van der Waals surface area contributed by atoms with Gasteiger partial charge >= 0.3 is 12.2 Å². The molecule has 0 atom stereocenters. The first-order valence-corrected chi connectivity index (χ1v) is 9.31. The van der Waals surface area contributed by atoms with Crippen molar-refractivity contribution in [2.45, 2.75) is 24.6 Å². The molecule has 2 aromatic rings. The Hall–Kier alpha value is -3.36. The lowest BCUT2D eigenvalue weighted by Gasteiger charge is -2.44. The number of aromatic nitrogens is 4. The lowest BCUT2D eigenvalue weighted by Crippen LogP contribution is -2.56. The van der Waals surface area contributed by atoms with Crippen molar-refractivity contribution in [1.29, 1.82) is 0 Å². The Morgan fingerprint density at radius 3 is 2.63 bits per heavy atom. The molecule has 2 aliphatic rings. The van der Waals surface area contributed by atoms with E-state index < -0.39 is 24.3 Å². The molecule has 0 bridgehead atoms. The van der Waals surface area contributed by atoms with Gasteiger partial charge in [0.1, 0.15) is 12.2 Å². The maximum Gasteiger partial charge on any atom is 0.406 e. The van der Waals surface area contributed by atoms with Gasteiger partial charge in [-0.05, 0) is 12.8 Å². The van der Waals surface area contributed by atoms with Gasteiger partial charge in [0.2, 0.25) is 0 Å². The van der Waals surface area contributed by atoms with Crippen molar-refractivity contribution in [2.75, 3.05) is 31.1 Å². The number of nitrogens with zero attached hydrogens (tertiary/aromatic N) is 7. The third kappa shape index (κ3) is 3.62. The van der Waals surface area contributed by atoms with E-state index in [0.29, 0.717) is 43.0 Å². The number of anilines is 1. The summed E-state index contributed by atoms with van der Waals surface area (Å²) in [5, 5.41) is 6.65. The smallest absolute Gasteiger partial charge is 0.359 e. The van der Waals surface area contributed by atoms with Gasteiger partial charge in [-0.15, -0.1) is 4.98 Å². The molecule has 2 aliphatic heterocycles. The minimum atomic E-state index is -4.45. The zero-order valence-corrected chi connectivity index (χ0v) is 16.1. The molecule has 0 aliphatic carbocycles. The number of amides is 2. The van der Waals surface area contributed by atoms with Gasteiger partial charge in [-0.1, -0.05) is 6.57 Å². The number of nitrogens with one attached hydrogen (secondary N) is 1. The van der Waals surface area contributed by atoms with E-state index in [1.54, 1.807) is 24.1 Å². The van der Waals surface area contributed by atoms with E-state index in [1.165, 1.54) is 6.20 Å². The van der Waals surface area contributed by atoms with Crippen molar-refractivity contribution < 1.29 is 18.0 Å². The molecule has 2 saturated heterocycles. The zero-order chi connectivity index (χ0) is 21.5. The summed E-state index contributed by atoms with van der Waals surface area (Å²) in [6, 6.07) is -0.680. The number of urea groups is 1. The van der Waals surface area contributed by atoms with Gasteiger partial charge < -0.3 is 20.0 Å². The molecular formula is C18H19F3N8O. The highest BCUT2D eigenvalue weighted by Gasteiger charge is 2.50. The number of halogens is 3. The molecule has 30 heavy (non-hydrogen) atoms.